The van der Waals surface area contributed by atoms with Crippen molar-refractivity contribution in [3.05, 3.63) is 68.8 Å². The molecule has 0 radical (unpaired) electrons. The Bertz CT molecular complexity index is 1370. The minimum atomic E-state index is -1.72. The minimum absolute atomic E-state index is 0.0398. The highest BCUT2D eigenvalue weighted by molar-refractivity contribution is 7.94. The van der Waals surface area contributed by atoms with Crippen LogP contribution in [0.25, 0.3) is 0 Å². The van der Waals surface area contributed by atoms with Crippen molar-refractivity contribution in [2.75, 3.05) is 19.6 Å². The van der Waals surface area contributed by atoms with Crippen molar-refractivity contribution in [3.63, 3.8) is 0 Å². The van der Waals surface area contributed by atoms with Crippen molar-refractivity contribution < 1.29 is 32.6 Å². The Kier molecular flexibility index (Phi) is 13.3. The van der Waals surface area contributed by atoms with Crippen molar-refractivity contribution in [3.8, 4) is 0 Å². The van der Waals surface area contributed by atoms with Crippen LogP contribution in [0.5, 0.6) is 0 Å². The number of nitro groups is 2. The summed E-state index contributed by atoms with van der Waals surface area (Å²) < 4.78 is 25.8. The topological polar surface area (TPSA) is 174 Å². The Balaban J connectivity index is 0.000000292. The Labute approximate surface area is 268 Å². The van der Waals surface area contributed by atoms with Crippen molar-refractivity contribution in [1.29, 1.82) is 0 Å². The highest BCUT2D eigenvalue weighted by atomic mass is 32.2. The van der Waals surface area contributed by atoms with Gasteiger partial charge in [-0.3, -0.25) is 25.0 Å². The SMILES string of the molecule is CC(C)(C)OC(=O)N1CCC(NC=O)CC1.C[C@@H]1CC[C@H](OSc2ccccc2[N+](=O)[O-])CN1S(=O)c1ccccc1[N+](=O)[O-]. The van der Waals surface area contributed by atoms with Crippen LogP contribution in [0.15, 0.2) is 58.3 Å². The first-order valence-electron chi connectivity index (χ1n) is 14.5. The van der Waals surface area contributed by atoms with Gasteiger partial charge >= 0.3 is 6.09 Å². The van der Waals surface area contributed by atoms with Gasteiger partial charge < -0.3 is 19.1 Å². The van der Waals surface area contributed by atoms with Gasteiger partial charge in [0.1, 0.15) is 26.4 Å². The van der Waals surface area contributed by atoms with E-state index in [0.717, 1.165) is 24.9 Å². The van der Waals surface area contributed by atoms with Gasteiger partial charge in [-0.05, 0) is 65.5 Å². The van der Waals surface area contributed by atoms with Gasteiger partial charge in [0.15, 0.2) is 0 Å². The van der Waals surface area contributed by atoms with Gasteiger partial charge in [0.05, 0.1) is 16.0 Å². The van der Waals surface area contributed by atoms with E-state index in [1.807, 2.05) is 27.7 Å². The van der Waals surface area contributed by atoms with E-state index >= 15 is 0 Å². The molecule has 4 rings (SSSR count). The lowest BCUT2D eigenvalue weighted by molar-refractivity contribution is -0.388. The summed E-state index contributed by atoms with van der Waals surface area (Å²) in [4.78, 5) is 45.6. The first-order valence-corrected chi connectivity index (χ1v) is 16.3. The fourth-order valence-corrected chi connectivity index (χ4v) is 6.95. The molecule has 3 atom stereocenters. The number of nitro benzene ring substituents is 2. The Morgan fingerprint density at radius 1 is 1.00 bits per heavy atom. The molecule has 2 aliphatic heterocycles. The zero-order valence-electron chi connectivity index (χ0n) is 25.7. The lowest BCUT2D eigenvalue weighted by Crippen LogP contribution is -2.46. The van der Waals surface area contributed by atoms with Gasteiger partial charge in [-0.1, -0.05) is 24.3 Å². The second-order valence-corrected chi connectivity index (χ2v) is 13.8. The number of para-hydroxylation sites is 2. The summed E-state index contributed by atoms with van der Waals surface area (Å²) in [7, 11) is -1.72. The van der Waals surface area contributed by atoms with Crippen LogP contribution in [-0.2, 0) is 24.7 Å². The number of rotatable bonds is 9. The largest absolute Gasteiger partial charge is 0.444 e. The number of nitrogens with zero attached hydrogens (tertiary/aromatic N) is 4. The van der Waals surface area contributed by atoms with Gasteiger partial charge in [-0.2, -0.15) is 0 Å². The minimum Gasteiger partial charge on any atom is -0.444 e. The molecule has 1 N–H and O–H groups in total. The van der Waals surface area contributed by atoms with E-state index < -0.39 is 26.4 Å². The van der Waals surface area contributed by atoms with E-state index in [9.17, 15) is 34.0 Å². The van der Waals surface area contributed by atoms with E-state index in [-0.39, 0.29) is 40.6 Å². The summed E-state index contributed by atoms with van der Waals surface area (Å²) in [6.45, 7) is 9.05. The number of ether oxygens (including phenoxy) is 1. The molecule has 0 bridgehead atoms. The standard InChI is InChI=1S/C18H19N3O6S2.C11H20N2O3/c1-13-10-11-14(27-28-17-8-4-2-6-15(17)20(22)23)12-19(13)29(26)18-9-5-3-7-16(18)21(24)25;1-11(2,3)16-10(15)13-6-4-9(5-7-13)12-8-14/h2-9,13-14H,10-12H2,1H3;8-9H,4-7H2,1-3H3,(H,12,14)/t13-,14+,29?;/m1./s1. The lowest BCUT2D eigenvalue weighted by Gasteiger charge is -2.35. The smallest absolute Gasteiger partial charge is 0.410 e. The highest BCUT2D eigenvalue weighted by Gasteiger charge is 2.34. The molecule has 1 unspecified atom stereocenters. The number of amides is 2. The molecule has 2 fully saturated rings. The average Bonchev–Trinajstić information content (AvgIpc) is 3.00. The number of benzene rings is 2. The van der Waals surface area contributed by atoms with Crippen LogP contribution in [0, 0.1) is 20.2 Å². The summed E-state index contributed by atoms with van der Waals surface area (Å²) >= 11 is 0.925. The van der Waals surface area contributed by atoms with Gasteiger partial charge in [0.2, 0.25) is 6.41 Å². The molecule has 2 saturated heterocycles. The molecule has 2 aromatic carbocycles. The summed E-state index contributed by atoms with van der Waals surface area (Å²) in [6.07, 6.45) is 3.09. The molecule has 2 aromatic rings. The average molecular weight is 666 g/mol. The third-order valence-corrected chi connectivity index (χ3v) is 9.58. The normalized spacial score (nSPS) is 19.9. The van der Waals surface area contributed by atoms with Crippen molar-refractivity contribution in [1.82, 2.24) is 14.5 Å². The Morgan fingerprint density at radius 2 is 1.60 bits per heavy atom. The molecule has 0 aromatic heterocycles. The molecule has 0 aliphatic carbocycles. The number of hydrogen-bond acceptors (Lipinski definition) is 10. The Morgan fingerprint density at radius 3 is 2.20 bits per heavy atom. The maximum absolute atomic E-state index is 13.1. The predicted octanol–water partition coefficient (Wildman–Crippen LogP) is 5.23. The lowest BCUT2D eigenvalue weighted by atomic mass is 10.0. The van der Waals surface area contributed by atoms with Gasteiger partial charge in [0.25, 0.3) is 11.4 Å². The van der Waals surface area contributed by atoms with E-state index in [1.165, 1.54) is 24.3 Å². The third kappa shape index (κ3) is 10.8. The zero-order valence-corrected chi connectivity index (χ0v) is 27.3. The molecule has 2 aliphatic rings. The summed E-state index contributed by atoms with van der Waals surface area (Å²) in [5.41, 5.74) is -0.674. The van der Waals surface area contributed by atoms with Crippen LogP contribution >= 0.6 is 12.0 Å². The molecule has 0 spiro atoms. The van der Waals surface area contributed by atoms with Crippen LogP contribution < -0.4 is 5.32 Å². The first kappa shape index (κ1) is 35.9. The number of piperidine rings is 2. The van der Waals surface area contributed by atoms with E-state index in [0.29, 0.717) is 43.8 Å². The van der Waals surface area contributed by atoms with Crippen molar-refractivity contribution in [2.24, 2.45) is 0 Å². The molecule has 246 valence electrons. The van der Waals surface area contributed by atoms with Crippen LogP contribution in [0.3, 0.4) is 0 Å². The highest BCUT2D eigenvalue weighted by Crippen LogP contribution is 2.34. The fraction of sp³-hybridized carbons (Fsp3) is 0.517. The van der Waals surface area contributed by atoms with Crippen LogP contribution in [0.1, 0.15) is 53.4 Å². The molecule has 45 heavy (non-hydrogen) atoms. The maximum Gasteiger partial charge on any atom is 0.410 e. The van der Waals surface area contributed by atoms with E-state index in [4.69, 9.17) is 8.92 Å². The Hall–Kier alpha value is -3.60. The summed E-state index contributed by atoms with van der Waals surface area (Å²) in [5.74, 6) is 0. The summed E-state index contributed by atoms with van der Waals surface area (Å²) in [6, 6.07) is 12.4. The zero-order chi connectivity index (χ0) is 33.1. The number of nitrogens with one attached hydrogen (secondary N) is 1. The maximum atomic E-state index is 13.1. The molecule has 16 heteroatoms. The molecular formula is C29H39N5O9S2. The second kappa shape index (κ2) is 16.6. The van der Waals surface area contributed by atoms with Crippen LogP contribution in [0.4, 0.5) is 16.2 Å². The molecule has 14 nitrogen and oxygen atoms in total. The molecule has 0 saturated carbocycles. The number of carbonyl (C=O) groups is 2. The molecule has 2 amide bonds. The second-order valence-electron chi connectivity index (χ2n) is 11.6. The third-order valence-electron chi connectivity index (χ3n) is 7.03. The van der Waals surface area contributed by atoms with Crippen LogP contribution in [0.2, 0.25) is 0 Å². The predicted molar refractivity (Wildman–Crippen MR) is 169 cm³/mol. The fourth-order valence-electron chi connectivity index (χ4n) is 4.68. The van der Waals surface area contributed by atoms with E-state index in [2.05, 4.69) is 5.32 Å². The van der Waals surface area contributed by atoms with Crippen LogP contribution in [-0.4, -0.2) is 79.2 Å². The van der Waals surface area contributed by atoms with Crippen molar-refractivity contribution in [2.45, 2.75) is 87.0 Å². The first-order chi connectivity index (χ1) is 21.3. The number of carbonyl (C=O) groups excluding carboxylic acids is 2. The summed E-state index contributed by atoms with van der Waals surface area (Å²) in [5, 5.41) is 25.1. The quantitative estimate of drug-likeness (QED) is 0.162. The van der Waals surface area contributed by atoms with E-state index in [1.54, 1.807) is 33.5 Å². The van der Waals surface area contributed by atoms with Gasteiger partial charge in [-0.25, -0.2) is 13.3 Å². The van der Waals surface area contributed by atoms with Gasteiger partial charge in [0, 0.05) is 55.9 Å². The molecule has 2 heterocycles. The monoisotopic (exact) mass is 665 g/mol. The van der Waals surface area contributed by atoms with Gasteiger partial charge in [-0.15, -0.1) is 0 Å². The molecular weight excluding hydrogens is 626 g/mol. The van der Waals surface area contributed by atoms with Crippen molar-refractivity contribution >= 4 is 46.9 Å². The number of hydrogen-bond donors (Lipinski definition) is 1. The number of likely N-dealkylation sites (tertiary alicyclic amines) is 1.